The molecule has 2 aromatic heterocycles. The van der Waals surface area contributed by atoms with Gasteiger partial charge in [0.1, 0.15) is 22.6 Å². The van der Waals surface area contributed by atoms with Gasteiger partial charge in [-0.3, -0.25) is 4.79 Å². The zero-order valence-electron chi connectivity index (χ0n) is 24.0. The number of carbonyl (C=O) groups excluding carboxylic acids is 2. The van der Waals surface area contributed by atoms with E-state index in [-0.39, 0.29) is 40.7 Å². The Balaban J connectivity index is 1.15. The first kappa shape index (κ1) is 27.4. The molecule has 3 aromatic rings. The quantitative estimate of drug-likeness (QED) is 0.388. The molecule has 1 aromatic carbocycles. The van der Waals surface area contributed by atoms with Gasteiger partial charge in [-0.2, -0.15) is 0 Å². The molecule has 3 heterocycles. The minimum absolute atomic E-state index is 0.126. The van der Waals surface area contributed by atoms with Gasteiger partial charge in [0.05, 0.1) is 12.4 Å². The van der Waals surface area contributed by atoms with E-state index in [4.69, 9.17) is 9.15 Å². The van der Waals surface area contributed by atoms with Gasteiger partial charge >= 0.3 is 6.09 Å². The SMILES string of the molecule is Cc1nc2c(F)cc(NC(=O)c3cnc(N4CC[C@H](CN(C(=O)OC(C)(C)C)C5CC5)C4C4CCC4)cn3)cc2o1. The molecule has 6 rings (SSSR count). The molecule has 10 nitrogen and oxygen atoms in total. The van der Waals surface area contributed by atoms with Crippen molar-refractivity contribution in [2.75, 3.05) is 23.3 Å². The van der Waals surface area contributed by atoms with E-state index in [1.54, 1.807) is 13.1 Å². The lowest BCUT2D eigenvalue weighted by molar-refractivity contribution is 0.0188. The minimum atomic E-state index is -0.575. The molecule has 2 aliphatic carbocycles. The second-order valence-electron chi connectivity index (χ2n) is 12.5. The first-order chi connectivity index (χ1) is 19.6. The number of hydrogen-bond acceptors (Lipinski definition) is 8. The first-order valence-corrected chi connectivity index (χ1v) is 14.5. The average molecular weight is 565 g/mol. The Morgan fingerprint density at radius 2 is 1.93 bits per heavy atom. The number of hydrogen-bond donors (Lipinski definition) is 1. The molecule has 11 heteroatoms. The fourth-order valence-corrected chi connectivity index (χ4v) is 6.05. The highest BCUT2D eigenvalue weighted by Crippen LogP contribution is 2.43. The van der Waals surface area contributed by atoms with Gasteiger partial charge < -0.3 is 24.3 Å². The number of anilines is 2. The van der Waals surface area contributed by atoms with Crippen LogP contribution in [0, 0.1) is 24.6 Å². The molecule has 3 fully saturated rings. The predicted molar refractivity (Wildman–Crippen MR) is 151 cm³/mol. The largest absolute Gasteiger partial charge is 0.444 e. The number of ether oxygens (including phenoxy) is 1. The maximum absolute atomic E-state index is 14.4. The lowest BCUT2D eigenvalue weighted by atomic mass is 9.75. The first-order valence-electron chi connectivity index (χ1n) is 14.5. The molecule has 218 valence electrons. The van der Waals surface area contributed by atoms with E-state index in [1.165, 1.54) is 24.8 Å². The monoisotopic (exact) mass is 564 g/mol. The van der Waals surface area contributed by atoms with Crippen LogP contribution in [0.3, 0.4) is 0 Å². The van der Waals surface area contributed by atoms with E-state index in [0.29, 0.717) is 24.3 Å². The molecule has 2 saturated carbocycles. The molecule has 2 atom stereocenters. The summed E-state index contributed by atoms with van der Waals surface area (Å²) >= 11 is 0. The predicted octanol–water partition coefficient (Wildman–Crippen LogP) is 5.71. The normalized spacial score (nSPS) is 21.1. The summed E-state index contributed by atoms with van der Waals surface area (Å²) in [5, 5.41) is 2.67. The Morgan fingerprint density at radius 3 is 2.56 bits per heavy atom. The van der Waals surface area contributed by atoms with E-state index in [0.717, 1.165) is 44.5 Å². The third kappa shape index (κ3) is 5.85. The van der Waals surface area contributed by atoms with Crippen molar-refractivity contribution in [3.8, 4) is 0 Å². The van der Waals surface area contributed by atoms with Gasteiger partial charge in [-0.1, -0.05) is 6.42 Å². The summed E-state index contributed by atoms with van der Waals surface area (Å²) in [5.74, 6) is 0.846. The fraction of sp³-hybridized carbons (Fsp3) is 0.567. The van der Waals surface area contributed by atoms with E-state index < -0.39 is 17.3 Å². The number of carbonyl (C=O) groups is 2. The van der Waals surface area contributed by atoms with E-state index >= 15 is 0 Å². The second-order valence-corrected chi connectivity index (χ2v) is 12.5. The molecule has 3 aliphatic rings. The number of benzene rings is 1. The molecule has 0 radical (unpaired) electrons. The maximum atomic E-state index is 14.4. The van der Waals surface area contributed by atoms with Gasteiger partial charge in [0.25, 0.3) is 5.91 Å². The van der Waals surface area contributed by atoms with Crippen LogP contribution >= 0.6 is 0 Å². The molecule has 0 bridgehead atoms. The van der Waals surface area contributed by atoms with E-state index in [1.807, 2.05) is 25.7 Å². The summed E-state index contributed by atoms with van der Waals surface area (Å²) in [5.41, 5.74) is 0.236. The standard InChI is InChI=1S/C30H37FN6O4/c1-17-34-26-22(31)12-20(13-24(26)40-17)35-28(38)23-14-33-25(15-32-23)36-11-10-19(27(36)18-6-5-7-18)16-37(21-8-9-21)29(39)41-30(2,3)4/h12-15,18-19,21,27H,5-11,16H2,1-4H3,(H,35,38)/t19-,27?/m1/s1. The summed E-state index contributed by atoms with van der Waals surface area (Å²) in [6, 6.07) is 3.26. The minimum Gasteiger partial charge on any atom is -0.444 e. The van der Waals surface area contributed by atoms with Crippen LogP contribution in [-0.2, 0) is 4.74 Å². The third-order valence-corrected chi connectivity index (χ3v) is 8.24. The van der Waals surface area contributed by atoms with Crippen molar-refractivity contribution < 1.29 is 23.1 Å². The lowest BCUT2D eigenvalue weighted by Crippen LogP contribution is -2.48. The summed E-state index contributed by atoms with van der Waals surface area (Å²) in [6.45, 7) is 8.84. The van der Waals surface area contributed by atoms with Gasteiger partial charge in [0.2, 0.25) is 0 Å². The van der Waals surface area contributed by atoms with Crippen LogP contribution in [0.4, 0.5) is 20.7 Å². The number of oxazole rings is 1. The molecule has 1 unspecified atom stereocenters. The van der Waals surface area contributed by atoms with Crippen LogP contribution in [0.2, 0.25) is 0 Å². The van der Waals surface area contributed by atoms with Crippen LogP contribution in [0.5, 0.6) is 0 Å². The third-order valence-electron chi connectivity index (χ3n) is 8.24. The van der Waals surface area contributed by atoms with Crippen LogP contribution in [0.15, 0.2) is 28.9 Å². The smallest absolute Gasteiger partial charge is 0.410 e. The van der Waals surface area contributed by atoms with Crippen LogP contribution in [-0.4, -0.2) is 62.6 Å². The number of fused-ring (bicyclic) bond motifs is 1. The highest BCUT2D eigenvalue weighted by atomic mass is 19.1. The van der Waals surface area contributed by atoms with Gasteiger partial charge in [0.15, 0.2) is 17.3 Å². The van der Waals surface area contributed by atoms with Gasteiger partial charge in [0, 0.05) is 43.9 Å². The highest BCUT2D eigenvalue weighted by molar-refractivity contribution is 6.03. The molecule has 0 spiro atoms. The lowest BCUT2D eigenvalue weighted by Gasteiger charge is -2.41. The van der Waals surface area contributed by atoms with Crippen LogP contribution < -0.4 is 10.2 Å². The summed E-state index contributed by atoms with van der Waals surface area (Å²) < 4.78 is 25.6. The Hall–Kier alpha value is -3.76. The number of amides is 2. The summed E-state index contributed by atoms with van der Waals surface area (Å²) in [7, 11) is 0. The van der Waals surface area contributed by atoms with Crippen LogP contribution in [0.1, 0.15) is 75.7 Å². The number of aromatic nitrogens is 3. The molecular formula is C30H37FN6O4. The molecule has 1 saturated heterocycles. The van der Waals surface area contributed by atoms with Gasteiger partial charge in [-0.15, -0.1) is 0 Å². The van der Waals surface area contributed by atoms with E-state index in [2.05, 4.69) is 25.2 Å². The Labute approximate surface area is 238 Å². The Bertz CT molecular complexity index is 1440. The maximum Gasteiger partial charge on any atom is 0.410 e. The second kappa shape index (κ2) is 10.6. The highest BCUT2D eigenvalue weighted by Gasteiger charge is 2.45. The average Bonchev–Trinajstić information content (AvgIpc) is 3.52. The van der Waals surface area contributed by atoms with Gasteiger partial charge in [-0.25, -0.2) is 24.1 Å². The Morgan fingerprint density at radius 1 is 1.15 bits per heavy atom. The van der Waals surface area contributed by atoms with Crippen molar-refractivity contribution in [2.45, 2.75) is 83.9 Å². The van der Waals surface area contributed by atoms with Crippen molar-refractivity contribution in [3.05, 3.63) is 41.9 Å². The van der Waals surface area contributed by atoms with E-state index in [9.17, 15) is 14.0 Å². The van der Waals surface area contributed by atoms with Crippen molar-refractivity contribution in [1.29, 1.82) is 0 Å². The van der Waals surface area contributed by atoms with Crippen LogP contribution in [0.25, 0.3) is 11.1 Å². The molecular weight excluding hydrogens is 527 g/mol. The molecule has 2 amide bonds. The van der Waals surface area contributed by atoms with Crippen molar-refractivity contribution in [1.82, 2.24) is 19.9 Å². The fourth-order valence-electron chi connectivity index (χ4n) is 6.05. The summed E-state index contributed by atoms with van der Waals surface area (Å²) in [6.07, 6.45) is 9.41. The number of nitrogens with one attached hydrogen (secondary N) is 1. The number of halogens is 1. The number of aryl methyl sites for hydroxylation is 1. The van der Waals surface area contributed by atoms with Gasteiger partial charge in [-0.05, 0) is 70.8 Å². The zero-order chi connectivity index (χ0) is 28.9. The van der Waals surface area contributed by atoms with Crippen molar-refractivity contribution in [3.63, 3.8) is 0 Å². The topological polar surface area (TPSA) is 114 Å². The summed E-state index contributed by atoms with van der Waals surface area (Å²) in [4.78, 5) is 43.2. The molecule has 1 aliphatic heterocycles. The zero-order valence-corrected chi connectivity index (χ0v) is 24.0. The number of nitrogens with zero attached hydrogens (tertiary/aromatic N) is 5. The van der Waals surface area contributed by atoms with Crippen molar-refractivity contribution in [2.24, 2.45) is 11.8 Å². The van der Waals surface area contributed by atoms with Crippen molar-refractivity contribution >= 4 is 34.6 Å². The number of rotatable bonds is 7. The Kier molecular flexibility index (Phi) is 7.07. The molecule has 1 N–H and O–H groups in total. The molecule has 41 heavy (non-hydrogen) atoms.